The van der Waals surface area contributed by atoms with E-state index in [0.29, 0.717) is 30.6 Å². The number of rotatable bonds is 8. The molecule has 5 heterocycles. The van der Waals surface area contributed by atoms with Crippen LogP contribution in [-0.4, -0.2) is 53.7 Å². The Labute approximate surface area is 205 Å². The fourth-order valence-electron chi connectivity index (χ4n) is 6.37. The lowest BCUT2D eigenvalue weighted by Gasteiger charge is -2.58. The van der Waals surface area contributed by atoms with Crippen LogP contribution in [0.4, 0.5) is 0 Å². The molecule has 0 radical (unpaired) electrons. The summed E-state index contributed by atoms with van der Waals surface area (Å²) < 4.78 is 17.7. The van der Waals surface area contributed by atoms with Gasteiger partial charge < -0.3 is 24.5 Å². The third-order valence-electron chi connectivity index (χ3n) is 8.21. The van der Waals surface area contributed by atoms with Gasteiger partial charge in [-0.2, -0.15) is 0 Å². The number of carbonyl (C=O) groups excluding carboxylic acids is 2. The molecule has 10 nitrogen and oxygen atoms in total. The van der Waals surface area contributed by atoms with Gasteiger partial charge in [0.05, 0.1) is 6.54 Å². The highest BCUT2D eigenvalue weighted by molar-refractivity contribution is 5.81. The Kier molecular flexibility index (Phi) is 6.63. The number of nitrogens with zero attached hydrogens (tertiary/aromatic N) is 1. The van der Waals surface area contributed by atoms with Gasteiger partial charge in [-0.3, -0.25) is 14.6 Å². The molecule has 1 aliphatic carbocycles. The van der Waals surface area contributed by atoms with E-state index in [4.69, 9.17) is 24.0 Å². The molecule has 6 rings (SSSR count). The van der Waals surface area contributed by atoms with Gasteiger partial charge in [-0.1, -0.05) is 13.8 Å². The minimum atomic E-state index is -0.837. The summed E-state index contributed by atoms with van der Waals surface area (Å²) in [5.41, 5.74) is 0.217. The Morgan fingerprint density at radius 2 is 2.17 bits per heavy atom. The number of aromatic amines is 1. The first-order valence-electron chi connectivity index (χ1n) is 12.6. The third kappa shape index (κ3) is 4.47. The van der Waals surface area contributed by atoms with Gasteiger partial charge in [-0.15, -0.1) is 0 Å². The normalized spacial score (nSPS) is 39.7. The number of carbonyl (C=O) groups is 2. The first-order valence-corrected chi connectivity index (χ1v) is 12.6. The minimum absolute atomic E-state index is 0.0120. The second-order valence-corrected chi connectivity index (χ2v) is 10.5. The molecule has 1 amide bonds. The summed E-state index contributed by atoms with van der Waals surface area (Å²) >= 11 is 0. The molecular weight excluding hydrogens is 454 g/mol. The summed E-state index contributed by atoms with van der Waals surface area (Å²) in [5, 5.41) is 2.74. The molecule has 1 saturated carbocycles. The highest BCUT2D eigenvalue weighted by Gasteiger charge is 2.69. The van der Waals surface area contributed by atoms with Gasteiger partial charge in [0.25, 0.3) is 6.47 Å². The van der Waals surface area contributed by atoms with Crippen LogP contribution in [0.1, 0.15) is 58.6 Å². The van der Waals surface area contributed by atoms with Crippen LogP contribution in [-0.2, 0) is 40.0 Å². The van der Waals surface area contributed by atoms with E-state index in [2.05, 4.69) is 29.1 Å². The number of fused-ring (bicyclic) bond motifs is 2. The van der Waals surface area contributed by atoms with E-state index >= 15 is 0 Å². The van der Waals surface area contributed by atoms with Crippen molar-refractivity contribution in [1.29, 1.82) is 0 Å². The summed E-state index contributed by atoms with van der Waals surface area (Å²) in [6.07, 6.45) is 4.76. The Morgan fingerprint density at radius 1 is 1.31 bits per heavy atom. The summed E-state index contributed by atoms with van der Waals surface area (Å²) in [4.78, 5) is 43.1. The molecule has 1 aromatic heterocycles. The van der Waals surface area contributed by atoms with E-state index in [0.717, 1.165) is 31.4 Å². The zero-order valence-electron chi connectivity index (χ0n) is 20.5. The van der Waals surface area contributed by atoms with E-state index in [1.165, 1.54) is 0 Å². The number of hydrogen-bond donors (Lipinski definition) is 2. The molecule has 35 heavy (non-hydrogen) atoms. The van der Waals surface area contributed by atoms with Gasteiger partial charge in [0.1, 0.15) is 0 Å². The van der Waals surface area contributed by atoms with Gasteiger partial charge in [0, 0.05) is 48.9 Å². The number of aromatic nitrogens is 1. The number of aliphatic imine (C=N–C) groups is 1. The highest BCUT2D eigenvalue weighted by atomic mass is 17.3. The zero-order valence-corrected chi connectivity index (χ0v) is 20.5. The lowest BCUT2D eigenvalue weighted by molar-refractivity contribution is -0.557. The van der Waals surface area contributed by atoms with Crippen LogP contribution in [0.15, 0.2) is 23.3 Å². The maximum atomic E-state index is 12.5. The minimum Gasteiger partial charge on any atom is -0.448 e. The van der Waals surface area contributed by atoms with E-state index < -0.39 is 23.9 Å². The summed E-state index contributed by atoms with van der Waals surface area (Å²) in [6.45, 7) is 6.87. The van der Waals surface area contributed by atoms with Crippen LogP contribution in [0, 0.1) is 23.7 Å². The lowest BCUT2D eigenvalue weighted by Crippen LogP contribution is -2.69. The Balaban J connectivity index is 1.25. The van der Waals surface area contributed by atoms with Crippen LogP contribution in [0.5, 0.6) is 0 Å². The van der Waals surface area contributed by atoms with Gasteiger partial charge in [-0.05, 0) is 44.2 Å². The molecule has 2 bridgehead atoms. The first-order chi connectivity index (χ1) is 16.8. The number of H-pyrrole nitrogens is 1. The van der Waals surface area contributed by atoms with Crippen molar-refractivity contribution in [3.8, 4) is 0 Å². The molecule has 192 valence electrons. The Hall–Kier alpha value is -2.43. The maximum Gasteiger partial charge on any atom is 0.295 e. The van der Waals surface area contributed by atoms with E-state index in [1.54, 1.807) is 6.20 Å². The zero-order chi connectivity index (χ0) is 24.6. The van der Waals surface area contributed by atoms with Gasteiger partial charge >= 0.3 is 0 Å². The smallest absolute Gasteiger partial charge is 0.295 e. The maximum absolute atomic E-state index is 12.5. The quantitative estimate of drug-likeness (QED) is 0.327. The third-order valence-corrected chi connectivity index (χ3v) is 8.21. The molecule has 4 saturated heterocycles. The van der Waals surface area contributed by atoms with E-state index in [1.807, 2.05) is 19.1 Å². The second kappa shape index (κ2) is 9.55. The topological polar surface area (TPSA) is 120 Å². The number of hydrogen-bond acceptors (Lipinski definition) is 8. The van der Waals surface area contributed by atoms with Crippen LogP contribution in [0.25, 0.3) is 0 Å². The average molecular weight is 490 g/mol. The summed E-state index contributed by atoms with van der Waals surface area (Å²) in [7, 11) is 0. The molecular formula is C25H35N3O7. The summed E-state index contributed by atoms with van der Waals surface area (Å²) in [5.74, 6) is 0.454. The van der Waals surface area contributed by atoms with Crippen LogP contribution >= 0.6 is 0 Å². The number of amides is 1. The first kappa shape index (κ1) is 24.3. The van der Waals surface area contributed by atoms with Crippen LogP contribution in [0.3, 0.4) is 0 Å². The number of ether oxygens (including phenoxy) is 3. The molecule has 5 fully saturated rings. The van der Waals surface area contributed by atoms with Crippen molar-refractivity contribution in [2.24, 2.45) is 28.7 Å². The van der Waals surface area contributed by atoms with Crippen molar-refractivity contribution in [3.05, 3.63) is 24.0 Å². The number of nitrogens with one attached hydrogen (secondary N) is 2. The van der Waals surface area contributed by atoms with Gasteiger partial charge in [0.15, 0.2) is 17.7 Å². The second-order valence-electron chi connectivity index (χ2n) is 10.5. The molecule has 1 aromatic rings. The standard InChI is InChI=1S/C25H35N3O7/c1-15-6-7-19-16(2)22(32-23-25(19)18(15)8-10-24(3,33-23)34-35-25)27-12-9-20(30)28-21(31-14-29)13-17-5-4-11-26-17/h4-5,11,14-16,18-19,21,23,26H,6-10,12-13H2,1-3H3,(H,28,30)/b27-22-. The Morgan fingerprint density at radius 3 is 2.94 bits per heavy atom. The fourth-order valence-corrected chi connectivity index (χ4v) is 6.37. The van der Waals surface area contributed by atoms with Crippen LogP contribution in [0.2, 0.25) is 0 Å². The fraction of sp³-hybridized carbons (Fsp3) is 0.720. The molecule has 2 N–H and O–H groups in total. The van der Waals surface area contributed by atoms with E-state index in [-0.39, 0.29) is 30.7 Å². The summed E-state index contributed by atoms with van der Waals surface area (Å²) in [6, 6.07) is 3.71. The Bertz CT molecular complexity index is 953. The average Bonchev–Trinajstić information content (AvgIpc) is 3.22. The van der Waals surface area contributed by atoms with Gasteiger partial charge in [-0.25, -0.2) is 9.78 Å². The molecule has 4 aliphatic heterocycles. The van der Waals surface area contributed by atoms with Crippen molar-refractivity contribution in [2.45, 2.75) is 83.2 Å². The van der Waals surface area contributed by atoms with Crippen molar-refractivity contribution in [2.75, 3.05) is 6.54 Å². The SMILES string of the molecule is CC1CCC2C(C)/C(=N/CCC(=O)NC(Cc3ccc[nH]3)OC=O)OC3OC4(C)CCC1C32OO4. The van der Waals surface area contributed by atoms with Crippen molar-refractivity contribution in [1.82, 2.24) is 10.3 Å². The largest absolute Gasteiger partial charge is 0.448 e. The molecule has 5 aliphatic rings. The predicted octanol–water partition coefficient (Wildman–Crippen LogP) is 2.84. The van der Waals surface area contributed by atoms with Crippen molar-refractivity contribution < 1.29 is 33.6 Å². The predicted molar refractivity (Wildman–Crippen MR) is 124 cm³/mol. The highest BCUT2D eigenvalue weighted by Crippen LogP contribution is 2.59. The molecule has 1 spiro atoms. The molecule has 8 atom stereocenters. The molecule has 10 heteroatoms. The molecule has 8 unspecified atom stereocenters. The lowest BCUT2D eigenvalue weighted by atomic mass is 9.58. The van der Waals surface area contributed by atoms with Crippen molar-refractivity contribution in [3.63, 3.8) is 0 Å². The monoisotopic (exact) mass is 489 g/mol. The van der Waals surface area contributed by atoms with E-state index in [9.17, 15) is 9.59 Å². The van der Waals surface area contributed by atoms with Crippen molar-refractivity contribution >= 4 is 18.3 Å². The molecule has 0 aromatic carbocycles. The van der Waals surface area contributed by atoms with Gasteiger partial charge in [0.2, 0.25) is 18.0 Å². The van der Waals surface area contributed by atoms with Crippen LogP contribution < -0.4 is 5.32 Å².